The molecule has 0 aromatic carbocycles. The number of nitrogens with one attached hydrogen (secondary N) is 1. The largest absolute Gasteiger partial charge is 0.378 e. The second-order valence-corrected chi connectivity index (χ2v) is 10.9. The Labute approximate surface area is 160 Å². The van der Waals surface area contributed by atoms with Gasteiger partial charge in [-0.1, -0.05) is 27.7 Å². The van der Waals surface area contributed by atoms with E-state index in [4.69, 9.17) is 4.74 Å². The van der Waals surface area contributed by atoms with Gasteiger partial charge in [-0.2, -0.15) is 0 Å². The van der Waals surface area contributed by atoms with Gasteiger partial charge in [-0.3, -0.25) is 4.79 Å². The number of amides is 1. The summed E-state index contributed by atoms with van der Waals surface area (Å²) >= 11 is 0. The Kier molecular flexibility index (Phi) is 4.91. The molecule has 0 spiro atoms. The predicted octanol–water partition coefficient (Wildman–Crippen LogP) is 4.94. The molecule has 26 heavy (non-hydrogen) atoms. The minimum atomic E-state index is 0.283. The Balaban J connectivity index is 1.46. The van der Waals surface area contributed by atoms with Crippen molar-refractivity contribution in [1.29, 1.82) is 0 Å². The molecule has 3 saturated carbocycles. The van der Waals surface area contributed by atoms with E-state index in [0.29, 0.717) is 23.0 Å². The Bertz CT molecular complexity index is 546. The molecule has 4 fully saturated rings. The van der Waals surface area contributed by atoms with Gasteiger partial charge in [0.2, 0.25) is 5.91 Å². The van der Waals surface area contributed by atoms with Gasteiger partial charge in [0.05, 0.1) is 6.10 Å². The maximum atomic E-state index is 11.9. The van der Waals surface area contributed by atoms with Crippen LogP contribution in [-0.4, -0.2) is 24.7 Å². The third kappa shape index (κ3) is 3.12. The van der Waals surface area contributed by atoms with Gasteiger partial charge < -0.3 is 10.1 Å². The SMILES string of the molecule is CC(C)CCOC1C[C@H]2[C@@H]3CCC4NC(=O)CC[C@]4(C)[C@@H]3CC[C@]2(C)C1. The van der Waals surface area contributed by atoms with Crippen LogP contribution >= 0.6 is 0 Å². The van der Waals surface area contributed by atoms with Crippen LogP contribution in [0.15, 0.2) is 0 Å². The lowest BCUT2D eigenvalue weighted by Crippen LogP contribution is -2.60. The zero-order chi connectivity index (χ0) is 18.5. The highest BCUT2D eigenvalue weighted by Gasteiger charge is 2.59. The van der Waals surface area contributed by atoms with Crippen molar-refractivity contribution in [3.63, 3.8) is 0 Å². The topological polar surface area (TPSA) is 38.3 Å². The minimum absolute atomic E-state index is 0.283. The molecule has 3 heteroatoms. The van der Waals surface area contributed by atoms with Crippen molar-refractivity contribution in [2.45, 2.75) is 97.6 Å². The molecule has 2 unspecified atom stereocenters. The number of rotatable bonds is 4. The fourth-order valence-corrected chi connectivity index (χ4v) is 7.29. The lowest BCUT2D eigenvalue weighted by atomic mass is 9.48. The van der Waals surface area contributed by atoms with Gasteiger partial charge in [0.1, 0.15) is 0 Å². The lowest BCUT2D eigenvalue weighted by molar-refractivity contribution is -0.135. The highest BCUT2D eigenvalue weighted by Crippen LogP contribution is 2.64. The fraction of sp³-hybridized carbons (Fsp3) is 0.957. The van der Waals surface area contributed by atoms with Crippen molar-refractivity contribution < 1.29 is 9.53 Å². The second-order valence-electron chi connectivity index (χ2n) is 10.9. The summed E-state index contributed by atoms with van der Waals surface area (Å²) in [4.78, 5) is 11.9. The smallest absolute Gasteiger partial charge is 0.220 e. The number of carbonyl (C=O) groups is 1. The first-order valence-corrected chi connectivity index (χ1v) is 11.2. The van der Waals surface area contributed by atoms with E-state index in [-0.39, 0.29) is 5.91 Å². The van der Waals surface area contributed by atoms with Crippen LogP contribution in [-0.2, 0) is 9.53 Å². The van der Waals surface area contributed by atoms with Gasteiger partial charge in [-0.05, 0) is 85.9 Å². The van der Waals surface area contributed by atoms with E-state index in [2.05, 4.69) is 33.0 Å². The third-order valence-corrected chi connectivity index (χ3v) is 8.87. The normalized spacial score (nSPS) is 47.9. The Hall–Kier alpha value is -0.570. The molecule has 1 N–H and O–H groups in total. The Morgan fingerprint density at radius 3 is 2.73 bits per heavy atom. The molecule has 0 aromatic rings. The van der Waals surface area contributed by atoms with Crippen molar-refractivity contribution in [2.24, 2.45) is 34.5 Å². The second kappa shape index (κ2) is 6.79. The average molecular weight is 362 g/mol. The van der Waals surface area contributed by atoms with E-state index in [1.165, 1.54) is 44.9 Å². The molecule has 1 saturated heterocycles. The number of piperidine rings is 1. The van der Waals surface area contributed by atoms with Crippen LogP contribution in [0.5, 0.6) is 0 Å². The molecule has 0 aromatic heterocycles. The van der Waals surface area contributed by atoms with Gasteiger partial charge in [0, 0.05) is 19.1 Å². The van der Waals surface area contributed by atoms with Crippen LogP contribution in [0.1, 0.15) is 85.5 Å². The quantitative estimate of drug-likeness (QED) is 0.770. The molecule has 1 heterocycles. The van der Waals surface area contributed by atoms with Crippen molar-refractivity contribution in [2.75, 3.05) is 6.61 Å². The summed E-state index contributed by atoms with van der Waals surface area (Å²) in [6.45, 7) is 10.5. The van der Waals surface area contributed by atoms with E-state index in [1.54, 1.807) is 0 Å². The summed E-state index contributed by atoms with van der Waals surface area (Å²) in [6.07, 6.45) is 11.3. The first-order chi connectivity index (χ1) is 12.3. The number of hydrogen-bond donors (Lipinski definition) is 1. The van der Waals surface area contributed by atoms with Crippen molar-refractivity contribution >= 4 is 5.91 Å². The van der Waals surface area contributed by atoms with Crippen molar-refractivity contribution in [3.8, 4) is 0 Å². The fourth-order valence-electron chi connectivity index (χ4n) is 7.29. The third-order valence-electron chi connectivity index (χ3n) is 8.87. The first kappa shape index (κ1) is 18.8. The Morgan fingerprint density at radius 2 is 1.96 bits per heavy atom. The lowest BCUT2D eigenvalue weighted by Gasteiger charge is -2.59. The molecule has 0 bridgehead atoms. The summed E-state index contributed by atoms with van der Waals surface area (Å²) < 4.78 is 6.34. The molecule has 1 aliphatic heterocycles. The van der Waals surface area contributed by atoms with Crippen LogP contribution in [0.2, 0.25) is 0 Å². The zero-order valence-electron chi connectivity index (χ0n) is 17.4. The van der Waals surface area contributed by atoms with Crippen molar-refractivity contribution in [3.05, 3.63) is 0 Å². The number of ether oxygens (including phenoxy) is 1. The number of hydrogen-bond acceptors (Lipinski definition) is 2. The first-order valence-electron chi connectivity index (χ1n) is 11.2. The molecule has 3 nitrogen and oxygen atoms in total. The Morgan fingerprint density at radius 1 is 1.15 bits per heavy atom. The predicted molar refractivity (Wildman–Crippen MR) is 105 cm³/mol. The van der Waals surface area contributed by atoms with Gasteiger partial charge >= 0.3 is 0 Å². The maximum absolute atomic E-state index is 11.9. The molecule has 0 radical (unpaired) electrons. The van der Waals surface area contributed by atoms with E-state index in [1.807, 2.05) is 0 Å². The molecule has 3 aliphatic carbocycles. The summed E-state index contributed by atoms with van der Waals surface area (Å²) in [5.74, 6) is 3.50. The standard InChI is InChI=1S/C23H39NO2/c1-15(2)9-12-26-16-13-19-17-5-6-20-23(4,11-8-21(25)24-20)18(17)7-10-22(19,3)14-16/h15-20H,5-14H2,1-4H3,(H,24,25)/t16?,17-,18-,19+,20?,22-,23-/m1/s1. The summed E-state index contributed by atoms with van der Waals surface area (Å²) in [6, 6.07) is 0.425. The average Bonchev–Trinajstić information content (AvgIpc) is 2.91. The van der Waals surface area contributed by atoms with Crippen LogP contribution in [0, 0.1) is 34.5 Å². The molecular formula is C23H39NO2. The van der Waals surface area contributed by atoms with Gasteiger partial charge in [-0.15, -0.1) is 0 Å². The summed E-state index contributed by atoms with van der Waals surface area (Å²) in [7, 11) is 0. The van der Waals surface area contributed by atoms with Gasteiger partial charge in [-0.25, -0.2) is 0 Å². The van der Waals surface area contributed by atoms with E-state index < -0.39 is 0 Å². The van der Waals surface area contributed by atoms with Crippen molar-refractivity contribution in [1.82, 2.24) is 5.32 Å². The maximum Gasteiger partial charge on any atom is 0.220 e. The monoisotopic (exact) mass is 361 g/mol. The molecule has 4 rings (SSSR count). The number of fused-ring (bicyclic) bond motifs is 5. The van der Waals surface area contributed by atoms with Crippen LogP contribution in [0.3, 0.4) is 0 Å². The highest BCUT2D eigenvalue weighted by molar-refractivity contribution is 5.77. The van der Waals surface area contributed by atoms with E-state index in [0.717, 1.165) is 43.1 Å². The summed E-state index contributed by atoms with van der Waals surface area (Å²) in [5.41, 5.74) is 0.819. The van der Waals surface area contributed by atoms with Crippen LogP contribution in [0.4, 0.5) is 0 Å². The molecule has 4 aliphatic rings. The molecule has 7 atom stereocenters. The van der Waals surface area contributed by atoms with Gasteiger partial charge in [0.15, 0.2) is 0 Å². The van der Waals surface area contributed by atoms with Crippen LogP contribution in [0.25, 0.3) is 0 Å². The summed E-state index contributed by atoms with van der Waals surface area (Å²) in [5, 5.41) is 3.34. The minimum Gasteiger partial charge on any atom is -0.378 e. The van der Waals surface area contributed by atoms with Crippen LogP contribution < -0.4 is 5.32 Å². The van der Waals surface area contributed by atoms with E-state index >= 15 is 0 Å². The zero-order valence-corrected chi connectivity index (χ0v) is 17.4. The van der Waals surface area contributed by atoms with E-state index in [9.17, 15) is 4.79 Å². The van der Waals surface area contributed by atoms with Gasteiger partial charge in [0.25, 0.3) is 0 Å². The highest BCUT2D eigenvalue weighted by atomic mass is 16.5. The molecule has 148 valence electrons. The molecular weight excluding hydrogens is 322 g/mol. The molecule has 1 amide bonds. The number of carbonyl (C=O) groups excluding carboxylic acids is 1.